The van der Waals surface area contributed by atoms with Gasteiger partial charge in [0.15, 0.2) is 9.84 Å². The van der Waals surface area contributed by atoms with Gasteiger partial charge in [0.05, 0.1) is 28.6 Å². The van der Waals surface area contributed by atoms with Crippen molar-refractivity contribution in [2.75, 3.05) is 61.9 Å². The molecule has 3 N–H and O–H groups in total. The maximum absolute atomic E-state index is 12.8. The second kappa shape index (κ2) is 12.4. The van der Waals surface area contributed by atoms with Gasteiger partial charge in [-0.25, -0.2) is 18.4 Å². The predicted octanol–water partition coefficient (Wildman–Crippen LogP) is 3.42. The number of para-hydroxylation sites is 1. The van der Waals surface area contributed by atoms with Crippen molar-refractivity contribution in [3.63, 3.8) is 0 Å². The van der Waals surface area contributed by atoms with Crippen molar-refractivity contribution < 1.29 is 13.2 Å². The number of piperazine rings is 1. The lowest BCUT2D eigenvalue weighted by Gasteiger charge is -2.41. The highest BCUT2D eigenvalue weighted by molar-refractivity contribution is 7.92. The number of aromatic nitrogens is 3. The van der Waals surface area contributed by atoms with Crippen LogP contribution in [0.25, 0.3) is 0 Å². The van der Waals surface area contributed by atoms with Crippen molar-refractivity contribution in [1.29, 1.82) is 0 Å². The summed E-state index contributed by atoms with van der Waals surface area (Å²) in [6.07, 6.45) is 3.83. The molecule has 2 aliphatic rings. The zero-order chi connectivity index (χ0) is 28.1. The lowest BCUT2D eigenvalue weighted by atomic mass is 10.0. The third kappa shape index (κ3) is 6.29. The Morgan fingerprint density at radius 1 is 0.950 bits per heavy atom. The Bertz CT molecular complexity index is 1400. The van der Waals surface area contributed by atoms with Crippen molar-refractivity contribution in [2.24, 2.45) is 0 Å². The third-order valence-corrected chi connectivity index (χ3v) is 9.78. The van der Waals surface area contributed by atoms with Crippen molar-refractivity contribution in [1.82, 2.24) is 25.2 Å². The van der Waals surface area contributed by atoms with E-state index in [-0.39, 0.29) is 10.8 Å². The Morgan fingerprint density at radius 2 is 1.62 bits per heavy atom. The quantitative estimate of drug-likeness (QED) is 0.353. The first-order chi connectivity index (χ1) is 19.3. The summed E-state index contributed by atoms with van der Waals surface area (Å²) in [5.74, 6) is 1.22. The van der Waals surface area contributed by atoms with Crippen LogP contribution in [0.2, 0.25) is 0 Å². The number of ether oxygens (including phenoxy) is 1. The van der Waals surface area contributed by atoms with Crippen molar-refractivity contribution in [2.45, 2.75) is 42.9 Å². The average Bonchev–Trinajstić information content (AvgIpc) is 2.98. The summed E-state index contributed by atoms with van der Waals surface area (Å²) in [7, 11) is -1.85. The fourth-order valence-corrected chi connectivity index (χ4v) is 6.43. The molecule has 0 bridgehead atoms. The summed E-state index contributed by atoms with van der Waals surface area (Å²) in [4.78, 5) is 18.1. The van der Waals surface area contributed by atoms with Gasteiger partial charge in [0, 0.05) is 44.0 Å². The molecule has 2 fully saturated rings. The third-order valence-electron chi connectivity index (χ3n) is 7.57. The molecule has 0 radical (unpaired) electrons. The van der Waals surface area contributed by atoms with E-state index in [1.54, 1.807) is 45.2 Å². The molecule has 3 heterocycles. The van der Waals surface area contributed by atoms with Crippen LogP contribution in [0.5, 0.6) is 5.75 Å². The van der Waals surface area contributed by atoms with E-state index < -0.39 is 15.1 Å². The minimum Gasteiger partial charge on any atom is -0.494 e. The van der Waals surface area contributed by atoms with Gasteiger partial charge >= 0.3 is 0 Å². The lowest BCUT2D eigenvalue weighted by molar-refractivity contribution is 0.153. The van der Waals surface area contributed by atoms with Gasteiger partial charge in [0.25, 0.3) is 0 Å². The Labute approximate surface area is 236 Å². The van der Waals surface area contributed by atoms with Gasteiger partial charge in [0.2, 0.25) is 11.9 Å². The number of sulfone groups is 1. The van der Waals surface area contributed by atoms with E-state index in [1.807, 2.05) is 12.1 Å². The number of hydrogen-bond acceptors (Lipinski definition) is 11. The Kier molecular flexibility index (Phi) is 8.67. The smallest absolute Gasteiger partial charge is 0.232 e. The number of anilines is 5. The summed E-state index contributed by atoms with van der Waals surface area (Å²) in [6, 6.07) is 13.5. The molecule has 5 rings (SSSR count). The van der Waals surface area contributed by atoms with E-state index >= 15 is 0 Å². The Morgan fingerprint density at radius 3 is 2.30 bits per heavy atom. The van der Waals surface area contributed by atoms with Gasteiger partial charge < -0.3 is 25.6 Å². The van der Waals surface area contributed by atoms with Gasteiger partial charge in [-0.2, -0.15) is 4.98 Å². The number of nitrogens with zero attached hydrogens (tertiary/aromatic N) is 5. The van der Waals surface area contributed by atoms with E-state index in [2.05, 4.69) is 46.8 Å². The molecule has 0 amide bonds. The van der Waals surface area contributed by atoms with Crippen LogP contribution in [0, 0.1) is 0 Å². The first-order valence-electron chi connectivity index (χ1n) is 13.8. The molecule has 0 saturated carbocycles. The zero-order valence-electron chi connectivity index (χ0n) is 23.3. The number of hydrogen-bond donors (Lipinski definition) is 3. The fraction of sp³-hybridized carbons (Fsp3) is 0.464. The van der Waals surface area contributed by atoms with Crippen LogP contribution in [0.3, 0.4) is 0 Å². The monoisotopic (exact) mass is 566 g/mol. The van der Waals surface area contributed by atoms with Gasteiger partial charge in [0.1, 0.15) is 12.1 Å². The maximum atomic E-state index is 12.8. The predicted molar refractivity (Wildman–Crippen MR) is 158 cm³/mol. The van der Waals surface area contributed by atoms with Crippen molar-refractivity contribution >= 4 is 38.8 Å². The minimum absolute atomic E-state index is 0.203. The molecule has 1 aromatic heterocycles. The van der Waals surface area contributed by atoms with Crippen molar-refractivity contribution in [3.8, 4) is 5.75 Å². The van der Waals surface area contributed by atoms with E-state index in [1.165, 1.54) is 19.2 Å². The van der Waals surface area contributed by atoms with E-state index in [9.17, 15) is 8.42 Å². The molecule has 12 heteroatoms. The molecular formula is C28H38N8O3S. The zero-order valence-corrected chi connectivity index (χ0v) is 24.1. The fourth-order valence-electron chi connectivity index (χ4n) is 5.23. The summed E-state index contributed by atoms with van der Waals surface area (Å²) in [5.41, 5.74) is 2.25. The molecule has 0 aliphatic carbocycles. The highest BCUT2D eigenvalue weighted by Gasteiger charge is 2.26. The van der Waals surface area contributed by atoms with Gasteiger partial charge in [-0.1, -0.05) is 12.1 Å². The van der Waals surface area contributed by atoms with Crippen LogP contribution in [0.15, 0.2) is 53.7 Å². The second-order valence-electron chi connectivity index (χ2n) is 10.4. The number of rotatable bonds is 9. The van der Waals surface area contributed by atoms with Crippen LogP contribution < -0.4 is 25.6 Å². The molecule has 214 valence electrons. The second-order valence-corrected chi connectivity index (χ2v) is 12.8. The van der Waals surface area contributed by atoms with Gasteiger partial charge in [-0.3, -0.25) is 4.90 Å². The molecule has 2 saturated heterocycles. The summed E-state index contributed by atoms with van der Waals surface area (Å²) >= 11 is 0. The molecule has 0 spiro atoms. The molecule has 0 unspecified atom stereocenters. The molecule has 3 aromatic rings. The SMILES string of the molecule is COc1cc(N2CCN(C3CCNCC3)CC2)ccc1Nc1ncnc(Nc2ccccc2S(=O)(=O)C(C)C)n1. The van der Waals surface area contributed by atoms with E-state index in [4.69, 9.17) is 4.74 Å². The summed E-state index contributed by atoms with van der Waals surface area (Å²) in [6.45, 7) is 9.64. The van der Waals surface area contributed by atoms with Crippen LogP contribution in [0.1, 0.15) is 26.7 Å². The molecule has 0 atom stereocenters. The topological polar surface area (TPSA) is 125 Å². The summed E-state index contributed by atoms with van der Waals surface area (Å²) < 4.78 is 31.4. The molecule has 40 heavy (non-hydrogen) atoms. The van der Waals surface area contributed by atoms with Gasteiger partial charge in [-0.05, 0) is 64.0 Å². The normalized spacial score (nSPS) is 17.1. The van der Waals surface area contributed by atoms with E-state index in [0.717, 1.165) is 50.6 Å². The maximum Gasteiger partial charge on any atom is 0.232 e. The molecule has 11 nitrogen and oxygen atoms in total. The van der Waals surface area contributed by atoms with Crippen LogP contribution >= 0.6 is 0 Å². The molecular weight excluding hydrogens is 528 g/mol. The summed E-state index contributed by atoms with van der Waals surface area (Å²) in [5, 5.41) is 9.15. The Hall–Kier alpha value is -3.48. The lowest BCUT2D eigenvalue weighted by Crippen LogP contribution is -2.52. The average molecular weight is 567 g/mol. The van der Waals surface area contributed by atoms with Crippen LogP contribution in [0.4, 0.5) is 29.0 Å². The van der Waals surface area contributed by atoms with Crippen molar-refractivity contribution in [3.05, 3.63) is 48.8 Å². The van der Waals surface area contributed by atoms with Crippen LogP contribution in [-0.4, -0.2) is 85.9 Å². The molecule has 2 aromatic carbocycles. The standard InChI is InChI=1S/C28H38N8O3S/c1-20(2)40(37,38)26-7-5-4-6-24(26)33-28-31-19-30-27(34-28)32-23-9-8-22(18-25(23)39-3)36-16-14-35(15-17-36)21-10-12-29-13-11-21/h4-9,18-21,29H,10-17H2,1-3H3,(H2,30,31,32,33,34). The Balaban J connectivity index is 1.27. The first kappa shape index (κ1) is 28.1. The molecule has 2 aliphatic heterocycles. The highest BCUT2D eigenvalue weighted by atomic mass is 32.2. The highest BCUT2D eigenvalue weighted by Crippen LogP contribution is 2.33. The van der Waals surface area contributed by atoms with Gasteiger partial charge in [-0.15, -0.1) is 0 Å². The number of piperidine rings is 1. The van der Waals surface area contributed by atoms with E-state index in [0.29, 0.717) is 23.4 Å². The number of nitrogens with one attached hydrogen (secondary N) is 3. The number of benzene rings is 2. The number of methoxy groups -OCH3 is 1. The van der Waals surface area contributed by atoms with Crippen LogP contribution in [-0.2, 0) is 9.84 Å². The first-order valence-corrected chi connectivity index (χ1v) is 15.3. The largest absolute Gasteiger partial charge is 0.494 e. The minimum atomic E-state index is -3.49.